The predicted molar refractivity (Wildman–Crippen MR) is 86.1 cm³/mol. The van der Waals surface area contributed by atoms with E-state index >= 15 is 0 Å². The van der Waals surface area contributed by atoms with Gasteiger partial charge < -0.3 is 10.1 Å². The van der Waals surface area contributed by atoms with Gasteiger partial charge in [0.05, 0.1) is 0 Å². The predicted octanol–water partition coefficient (Wildman–Crippen LogP) is 3.88. The normalized spacial score (nSPS) is 22.8. The van der Waals surface area contributed by atoms with E-state index in [0.717, 1.165) is 6.42 Å². The number of hydrogen-bond acceptors (Lipinski definition) is 2. The summed E-state index contributed by atoms with van der Waals surface area (Å²) in [7, 11) is 0. The van der Waals surface area contributed by atoms with Crippen molar-refractivity contribution in [1.29, 1.82) is 0 Å². The molecule has 1 amide bonds. The molecule has 1 saturated carbocycles. The summed E-state index contributed by atoms with van der Waals surface area (Å²) in [4.78, 5) is 12.1. The molecule has 1 aliphatic rings. The van der Waals surface area contributed by atoms with Crippen molar-refractivity contribution < 1.29 is 9.53 Å². The van der Waals surface area contributed by atoms with Gasteiger partial charge >= 0.3 is 0 Å². The summed E-state index contributed by atoms with van der Waals surface area (Å²) in [6, 6.07) is 7.05. The number of rotatable bonds is 6. The fourth-order valence-corrected chi connectivity index (χ4v) is 3.35. The molecule has 21 heavy (non-hydrogen) atoms. The third kappa shape index (κ3) is 4.79. The van der Waals surface area contributed by atoms with Crippen molar-refractivity contribution in [3.05, 3.63) is 29.3 Å². The van der Waals surface area contributed by atoms with Crippen LogP contribution < -0.4 is 10.1 Å². The van der Waals surface area contributed by atoms with Gasteiger partial charge in [-0.1, -0.05) is 24.1 Å². The van der Waals surface area contributed by atoms with Crippen LogP contribution in [0.5, 0.6) is 5.75 Å². The Morgan fingerprint density at radius 3 is 2.90 bits per heavy atom. The zero-order valence-corrected chi connectivity index (χ0v) is 13.7. The average molecular weight is 330 g/mol. The van der Waals surface area contributed by atoms with Gasteiger partial charge in [-0.05, 0) is 49.8 Å². The first-order chi connectivity index (χ1) is 10.1. The SMILES string of the molecule is CC(Oc1cccc(Cl)c1)C(=O)NCC1CCCC1CCl. The number of benzene rings is 1. The summed E-state index contributed by atoms with van der Waals surface area (Å²) in [5, 5.41) is 3.56. The summed E-state index contributed by atoms with van der Waals surface area (Å²) in [6.45, 7) is 2.42. The molecule has 5 heteroatoms. The van der Waals surface area contributed by atoms with E-state index in [4.69, 9.17) is 27.9 Å². The molecule has 0 aromatic heterocycles. The largest absolute Gasteiger partial charge is 0.481 e. The Kier molecular flexibility index (Phi) is 6.19. The van der Waals surface area contributed by atoms with Crippen molar-refractivity contribution in [3.63, 3.8) is 0 Å². The smallest absolute Gasteiger partial charge is 0.260 e. The van der Waals surface area contributed by atoms with E-state index in [1.807, 2.05) is 0 Å². The van der Waals surface area contributed by atoms with E-state index in [2.05, 4.69) is 5.32 Å². The molecule has 1 aliphatic carbocycles. The van der Waals surface area contributed by atoms with Crippen LogP contribution in [-0.2, 0) is 4.79 Å². The lowest BCUT2D eigenvalue weighted by Gasteiger charge is -2.20. The molecule has 0 spiro atoms. The minimum Gasteiger partial charge on any atom is -0.481 e. The molecule has 116 valence electrons. The molecule has 0 saturated heterocycles. The number of alkyl halides is 1. The van der Waals surface area contributed by atoms with Crippen LogP contribution in [0.2, 0.25) is 5.02 Å². The Morgan fingerprint density at radius 2 is 2.19 bits per heavy atom. The molecule has 0 heterocycles. The molecule has 0 radical (unpaired) electrons. The first-order valence-corrected chi connectivity index (χ1v) is 8.27. The van der Waals surface area contributed by atoms with Crippen molar-refractivity contribution in [1.82, 2.24) is 5.32 Å². The standard InChI is InChI=1S/C16H21Cl2NO2/c1-11(21-15-7-3-6-14(18)8-15)16(20)19-10-13-5-2-4-12(13)9-17/h3,6-8,11-13H,2,4-5,9-10H2,1H3,(H,19,20). The molecule has 0 aliphatic heterocycles. The summed E-state index contributed by atoms with van der Waals surface area (Å²) in [5.41, 5.74) is 0. The van der Waals surface area contributed by atoms with Gasteiger partial charge in [-0.15, -0.1) is 11.6 Å². The molecule has 1 fully saturated rings. The van der Waals surface area contributed by atoms with Crippen LogP contribution >= 0.6 is 23.2 Å². The molecule has 3 atom stereocenters. The van der Waals surface area contributed by atoms with E-state index in [1.54, 1.807) is 31.2 Å². The van der Waals surface area contributed by atoms with Crippen molar-refractivity contribution in [2.24, 2.45) is 11.8 Å². The second-order valence-corrected chi connectivity index (χ2v) is 6.31. The Bertz CT molecular complexity index is 481. The molecule has 1 aromatic carbocycles. The number of hydrogen-bond donors (Lipinski definition) is 1. The molecule has 0 bridgehead atoms. The molecule has 1 aromatic rings. The zero-order chi connectivity index (χ0) is 15.2. The summed E-state index contributed by atoms with van der Waals surface area (Å²) in [6.07, 6.45) is 2.96. The number of amides is 1. The van der Waals surface area contributed by atoms with Gasteiger partial charge in [0, 0.05) is 17.4 Å². The first-order valence-electron chi connectivity index (χ1n) is 7.36. The Morgan fingerprint density at radius 1 is 1.43 bits per heavy atom. The Balaban J connectivity index is 1.80. The number of ether oxygens (including phenoxy) is 1. The van der Waals surface area contributed by atoms with E-state index in [-0.39, 0.29) is 5.91 Å². The second kappa shape index (κ2) is 7.90. The van der Waals surface area contributed by atoms with Crippen LogP contribution in [0, 0.1) is 11.8 Å². The van der Waals surface area contributed by atoms with Crippen LogP contribution in [0.1, 0.15) is 26.2 Å². The molecule has 3 unspecified atom stereocenters. The van der Waals surface area contributed by atoms with Crippen LogP contribution in [0.15, 0.2) is 24.3 Å². The van der Waals surface area contributed by atoms with Gasteiger partial charge in [0.15, 0.2) is 6.10 Å². The van der Waals surface area contributed by atoms with Gasteiger partial charge in [-0.2, -0.15) is 0 Å². The van der Waals surface area contributed by atoms with Gasteiger partial charge in [-0.25, -0.2) is 0 Å². The van der Waals surface area contributed by atoms with Crippen molar-refractivity contribution in [2.45, 2.75) is 32.3 Å². The lowest BCUT2D eigenvalue weighted by molar-refractivity contribution is -0.127. The van der Waals surface area contributed by atoms with E-state index in [9.17, 15) is 4.79 Å². The van der Waals surface area contributed by atoms with E-state index in [0.29, 0.717) is 35.0 Å². The number of halogens is 2. The number of carbonyl (C=O) groups excluding carboxylic acids is 1. The van der Waals surface area contributed by atoms with Gasteiger partial charge in [0.2, 0.25) is 0 Å². The first kappa shape index (κ1) is 16.4. The van der Waals surface area contributed by atoms with E-state index in [1.165, 1.54) is 12.8 Å². The van der Waals surface area contributed by atoms with Crippen LogP contribution in [0.4, 0.5) is 0 Å². The maximum atomic E-state index is 12.1. The third-order valence-corrected chi connectivity index (χ3v) is 4.66. The summed E-state index contributed by atoms with van der Waals surface area (Å²) in [5.74, 6) is 2.19. The highest BCUT2D eigenvalue weighted by Crippen LogP contribution is 2.31. The summed E-state index contributed by atoms with van der Waals surface area (Å²) < 4.78 is 5.60. The lowest BCUT2D eigenvalue weighted by Crippen LogP contribution is -2.39. The molecule has 3 nitrogen and oxygen atoms in total. The van der Waals surface area contributed by atoms with Crippen molar-refractivity contribution >= 4 is 29.1 Å². The minimum absolute atomic E-state index is 0.102. The van der Waals surface area contributed by atoms with E-state index < -0.39 is 6.10 Å². The Labute approximate surface area is 136 Å². The average Bonchev–Trinajstić information content (AvgIpc) is 2.92. The van der Waals surface area contributed by atoms with Gasteiger partial charge in [0.1, 0.15) is 5.75 Å². The third-order valence-electron chi connectivity index (χ3n) is 4.03. The lowest BCUT2D eigenvalue weighted by atomic mass is 9.98. The Hall–Kier alpha value is -0.930. The highest BCUT2D eigenvalue weighted by molar-refractivity contribution is 6.30. The molecular weight excluding hydrogens is 309 g/mol. The fourth-order valence-electron chi connectivity index (χ4n) is 2.76. The van der Waals surface area contributed by atoms with Crippen molar-refractivity contribution in [3.8, 4) is 5.75 Å². The fraction of sp³-hybridized carbons (Fsp3) is 0.562. The van der Waals surface area contributed by atoms with Crippen LogP contribution in [-0.4, -0.2) is 24.4 Å². The zero-order valence-electron chi connectivity index (χ0n) is 12.1. The molecule has 1 N–H and O–H groups in total. The number of nitrogens with one attached hydrogen (secondary N) is 1. The molecular formula is C16H21Cl2NO2. The van der Waals surface area contributed by atoms with Gasteiger partial charge in [0.25, 0.3) is 5.91 Å². The van der Waals surface area contributed by atoms with Crippen LogP contribution in [0.25, 0.3) is 0 Å². The number of carbonyl (C=O) groups is 1. The highest BCUT2D eigenvalue weighted by atomic mass is 35.5. The molecule has 2 rings (SSSR count). The van der Waals surface area contributed by atoms with Crippen LogP contribution in [0.3, 0.4) is 0 Å². The quantitative estimate of drug-likeness (QED) is 0.804. The highest BCUT2D eigenvalue weighted by Gasteiger charge is 2.27. The summed E-state index contributed by atoms with van der Waals surface area (Å²) >= 11 is 11.8. The minimum atomic E-state index is -0.542. The van der Waals surface area contributed by atoms with Gasteiger partial charge in [-0.3, -0.25) is 4.79 Å². The van der Waals surface area contributed by atoms with Crippen molar-refractivity contribution in [2.75, 3.05) is 12.4 Å². The second-order valence-electron chi connectivity index (χ2n) is 5.57. The topological polar surface area (TPSA) is 38.3 Å². The monoisotopic (exact) mass is 329 g/mol. The maximum Gasteiger partial charge on any atom is 0.260 e. The maximum absolute atomic E-state index is 12.1.